The molecule has 1 aromatic rings. The predicted octanol–water partition coefficient (Wildman–Crippen LogP) is 1.61. The van der Waals surface area contributed by atoms with E-state index in [1.54, 1.807) is 5.48 Å². The number of carbonyl (C=O) groups excluding carboxylic acids is 2. The first-order chi connectivity index (χ1) is 15.0. The van der Waals surface area contributed by atoms with E-state index in [0.29, 0.717) is 24.8 Å². The van der Waals surface area contributed by atoms with E-state index < -0.39 is 45.4 Å². The summed E-state index contributed by atoms with van der Waals surface area (Å²) in [6, 6.07) is 2.15. The second-order valence-corrected chi connectivity index (χ2v) is 11.3. The van der Waals surface area contributed by atoms with Gasteiger partial charge in [-0.05, 0) is 61.1 Å². The molecule has 2 amide bonds. The van der Waals surface area contributed by atoms with Crippen LogP contribution in [0.1, 0.15) is 43.6 Å². The van der Waals surface area contributed by atoms with Crippen LogP contribution in [0.2, 0.25) is 0 Å². The number of hydrogen-bond donors (Lipinski definition) is 2. The van der Waals surface area contributed by atoms with E-state index >= 15 is 0 Å². The van der Waals surface area contributed by atoms with E-state index in [4.69, 9.17) is 0 Å². The maximum absolute atomic E-state index is 13.6. The molecule has 1 aliphatic carbocycles. The Morgan fingerprint density at radius 1 is 1.12 bits per heavy atom. The van der Waals surface area contributed by atoms with E-state index in [1.807, 2.05) is 0 Å². The summed E-state index contributed by atoms with van der Waals surface area (Å²) in [5.74, 6) is -3.69. The molecule has 11 heteroatoms. The second-order valence-electron chi connectivity index (χ2n) is 9.34. The molecule has 1 saturated carbocycles. The molecular formula is C21H27F2N3O5S. The highest BCUT2D eigenvalue weighted by molar-refractivity contribution is 7.88. The van der Waals surface area contributed by atoms with Crippen LogP contribution in [-0.2, 0) is 19.6 Å². The average Bonchev–Trinajstić information content (AvgIpc) is 3.49. The molecule has 2 N–H and O–H groups in total. The smallest absolute Gasteiger partial charge is 0.248 e. The van der Waals surface area contributed by atoms with Crippen molar-refractivity contribution >= 4 is 21.8 Å². The third kappa shape index (κ3) is 4.51. The number of piperidine rings is 2. The van der Waals surface area contributed by atoms with Crippen LogP contribution in [0.15, 0.2) is 18.2 Å². The first-order valence-electron chi connectivity index (χ1n) is 10.7. The van der Waals surface area contributed by atoms with Crippen molar-refractivity contribution in [1.29, 1.82) is 0 Å². The van der Waals surface area contributed by atoms with Gasteiger partial charge in [-0.15, -0.1) is 0 Å². The summed E-state index contributed by atoms with van der Waals surface area (Å²) in [5.41, 5.74) is 1.80. The largest absolute Gasteiger partial charge is 0.341 e. The lowest BCUT2D eigenvalue weighted by molar-refractivity contribution is -0.148. The third-order valence-corrected chi connectivity index (χ3v) is 8.29. The fourth-order valence-electron chi connectivity index (χ4n) is 5.18. The number of amides is 2. The molecule has 0 radical (unpaired) electrons. The molecule has 176 valence electrons. The highest BCUT2D eigenvalue weighted by Crippen LogP contribution is 2.55. The van der Waals surface area contributed by atoms with Crippen molar-refractivity contribution in [3.05, 3.63) is 35.4 Å². The second kappa shape index (κ2) is 8.35. The van der Waals surface area contributed by atoms with Gasteiger partial charge in [0.15, 0.2) is 0 Å². The van der Waals surface area contributed by atoms with Crippen molar-refractivity contribution in [1.82, 2.24) is 14.7 Å². The van der Waals surface area contributed by atoms with Gasteiger partial charge in [0.1, 0.15) is 17.7 Å². The summed E-state index contributed by atoms with van der Waals surface area (Å²) in [7, 11) is -3.79. The molecule has 0 bridgehead atoms. The number of halogens is 2. The highest BCUT2D eigenvalue weighted by atomic mass is 32.2. The fourth-order valence-corrected chi connectivity index (χ4v) is 6.34. The van der Waals surface area contributed by atoms with E-state index in [1.165, 1.54) is 17.0 Å². The molecule has 0 aromatic heterocycles. The number of hydroxylamine groups is 1. The summed E-state index contributed by atoms with van der Waals surface area (Å²) in [5, 5.41) is 9.23. The van der Waals surface area contributed by atoms with Crippen LogP contribution in [-0.4, -0.2) is 66.6 Å². The molecule has 2 aliphatic heterocycles. The Labute approximate surface area is 185 Å². The quantitative estimate of drug-likeness (QED) is 0.513. The zero-order valence-corrected chi connectivity index (χ0v) is 18.6. The molecule has 8 nitrogen and oxygen atoms in total. The molecular weight excluding hydrogens is 444 g/mol. The lowest BCUT2D eigenvalue weighted by Gasteiger charge is -2.44. The monoisotopic (exact) mass is 471 g/mol. The van der Waals surface area contributed by atoms with Gasteiger partial charge in [-0.2, -0.15) is 4.31 Å². The zero-order valence-electron chi connectivity index (χ0n) is 17.8. The van der Waals surface area contributed by atoms with Gasteiger partial charge in [-0.3, -0.25) is 14.8 Å². The highest BCUT2D eigenvalue weighted by Gasteiger charge is 2.58. The summed E-state index contributed by atoms with van der Waals surface area (Å²) < 4.78 is 53.4. The number of nitrogens with zero attached hydrogens (tertiary/aromatic N) is 2. The van der Waals surface area contributed by atoms with Crippen LogP contribution in [0.3, 0.4) is 0 Å². The number of rotatable bonds is 4. The van der Waals surface area contributed by atoms with Crippen molar-refractivity contribution in [3.63, 3.8) is 0 Å². The van der Waals surface area contributed by atoms with Gasteiger partial charge in [-0.1, -0.05) is 0 Å². The minimum Gasteiger partial charge on any atom is -0.341 e. The molecule has 2 saturated heterocycles. The van der Waals surface area contributed by atoms with Crippen molar-refractivity contribution in [2.45, 2.75) is 44.1 Å². The van der Waals surface area contributed by atoms with Crippen LogP contribution >= 0.6 is 0 Å². The molecule has 4 rings (SSSR count). The Morgan fingerprint density at radius 2 is 1.72 bits per heavy atom. The first kappa shape index (κ1) is 23.1. The van der Waals surface area contributed by atoms with Gasteiger partial charge >= 0.3 is 0 Å². The molecule has 3 fully saturated rings. The molecule has 32 heavy (non-hydrogen) atoms. The molecule has 3 aliphatic rings. The standard InChI is InChI=1S/C21H27F2N3O5S/c1-32(30,31)26-12-21(4-5-21)11-17(19(27)24-29)18(26)20(28)25-6-2-13(3-7-25)14-8-15(22)10-16(23)9-14/h8-10,13,17-18,29H,2-7,11-12H2,1H3,(H,24,27). The number of benzene rings is 1. The van der Waals surface area contributed by atoms with E-state index in [0.717, 1.165) is 29.5 Å². The topological polar surface area (TPSA) is 107 Å². The Bertz CT molecular complexity index is 1000. The van der Waals surface area contributed by atoms with Gasteiger partial charge in [0.05, 0.1) is 12.2 Å². The van der Waals surface area contributed by atoms with Crippen LogP contribution in [0.4, 0.5) is 8.78 Å². The zero-order chi connectivity index (χ0) is 23.3. The normalized spacial score (nSPS) is 26.2. The van der Waals surface area contributed by atoms with Crippen molar-refractivity contribution in [2.75, 3.05) is 25.9 Å². The third-order valence-electron chi connectivity index (χ3n) is 7.08. The van der Waals surface area contributed by atoms with Crippen molar-refractivity contribution in [3.8, 4) is 0 Å². The van der Waals surface area contributed by atoms with Gasteiger partial charge in [0.2, 0.25) is 21.8 Å². The number of sulfonamides is 1. The minimum absolute atomic E-state index is 0.132. The summed E-state index contributed by atoms with van der Waals surface area (Å²) in [4.78, 5) is 27.4. The Morgan fingerprint density at radius 3 is 2.22 bits per heavy atom. The molecule has 1 spiro atoms. The van der Waals surface area contributed by atoms with Gasteiger partial charge in [0.25, 0.3) is 0 Å². The summed E-state index contributed by atoms with van der Waals surface area (Å²) in [6.45, 7) is 0.721. The Hall–Kier alpha value is -2.11. The molecule has 2 unspecified atom stereocenters. The first-order valence-corrected chi connectivity index (χ1v) is 12.5. The predicted molar refractivity (Wildman–Crippen MR) is 110 cm³/mol. The lowest BCUT2D eigenvalue weighted by Crippen LogP contribution is -2.62. The SMILES string of the molecule is CS(=O)(=O)N1CC2(CC2)CC(C(=O)NO)C1C(=O)N1CCC(c2cc(F)cc(F)c2)CC1. The van der Waals surface area contributed by atoms with Crippen LogP contribution in [0, 0.1) is 23.0 Å². The maximum atomic E-state index is 13.6. The average molecular weight is 472 g/mol. The minimum atomic E-state index is -3.79. The van der Waals surface area contributed by atoms with Crippen molar-refractivity contribution in [2.24, 2.45) is 11.3 Å². The number of hydrogen-bond acceptors (Lipinski definition) is 5. The number of likely N-dealkylation sites (tertiary alicyclic amines) is 1. The van der Waals surface area contributed by atoms with Gasteiger partial charge in [-0.25, -0.2) is 22.7 Å². The summed E-state index contributed by atoms with van der Waals surface area (Å²) in [6.07, 6.45) is 3.81. The van der Waals surface area contributed by atoms with E-state index in [9.17, 15) is 32.0 Å². The summed E-state index contributed by atoms with van der Waals surface area (Å²) >= 11 is 0. The Balaban J connectivity index is 1.54. The fraction of sp³-hybridized carbons (Fsp3) is 0.619. The van der Waals surface area contributed by atoms with Gasteiger partial charge < -0.3 is 4.90 Å². The maximum Gasteiger partial charge on any atom is 0.248 e. The molecule has 2 heterocycles. The van der Waals surface area contributed by atoms with E-state index in [-0.39, 0.29) is 31.0 Å². The van der Waals surface area contributed by atoms with Crippen molar-refractivity contribution < 1.29 is 32.0 Å². The van der Waals surface area contributed by atoms with Crippen LogP contribution in [0.25, 0.3) is 0 Å². The van der Waals surface area contributed by atoms with Crippen LogP contribution < -0.4 is 5.48 Å². The van der Waals surface area contributed by atoms with Gasteiger partial charge in [0, 0.05) is 25.7 Å². The van der Waals surface area contributed by atoms with Crippen LogP contribution in [0.5, 0.6) is 0 Å². The van der Waals surface area contributed by atoms with E-state index in [2.05, 4.69) is 0 Å². The number of carbonyl (C=O) groups is 2. The molecule has 2 atom stereocenters. The lowest BCUT2D eigenvalue weighted by atomic mass is 9.80. The molecule has 1 aromatic carbocycles. The Kier molecular flexibility index (Phi) is 6.01. The number of nitrogens with one attached hydrogen (secondary N) is 1.